The Kier molecular flexibility index (Phi) is 3.87. The van der Waals surface area contributed by atoms with Crippen molar-refractivity contribution >= 4 is 17.3 Å². The van der Waals surface area contributed by atoms with Crippen LogP contribution < -0.4 is 5.32 Å². The Balaban J connectivity index is 2.09. The molecule has 0 aliphatic rings. The minimum Gasteiger partial charge on any atom is -0.380 e. The van der Waals surface area contributed by atoms with Gasteiger partial charge in [0, 0.05) is 6.54 Å². The zero-order chi connectivity index (χ0) is 13.1. The van der Waals surface area contributed by atoms with E-state index in [1.54, 1.807) is 6.07 Å². The molecule has 0 saturated carbocycles. The first-order chi connectivity index (χ1) is 8.56. The van der Waals surface area contributed by atoms with E-state index in [2.05, 4.69) is 37.4 Å². The first-order valence-electron chi connectivity index (χ1n) is 5.81. The van der Waals surface area contributed by atoms with E-state index < -0.39 is 0 Å². The van der Waals surface area contributed by atoms with Crippen LogP contribution in [-0.2, 0) is 6.54 Å². The van der Waals surface area contributed by atoms with Crippen molar-refractivity contribution < 1.29 is 4.39 Å². The molecule has 0 aromatic heterocycles. The zero-order valence-electron chi connectivity index (χ0n) is 10.4. The summed E-state index contributed by atoms with van der Waals surface area (Å²) in [6.45, 7) is 4.85. The monoisotopic (exact) mass is 263 g/mol. The van der Waals surface area contributed by atoms with Gasteiger partial charge in [-0.3, -0.25) is 0 Å². The maximum atomic E-state index is 12.9. The van der Waals surface area contributed by atoms with Gasteiger partial charge in [0.2, 0.25) is 0 Å². The number of rotatable bonds is 3. The molecule has 0 aliphatic carbocycles. The molecule has 0 radical (unpaired) electrons. The molecular formula is C15H15ClFN. The van der Waals surface area contributed by atoms with E-state index in [4.69, 9.17) is 11.6 Å². The van der Waals surface area contributed by atoms with Crippen molar-refractivity contribution in [3.05, 3.63) is 63.9 Å². The fraction of sp³-hybridized carbons (Fsp3) is 0.200. The molecule has 1 nitrogen and oxygen atoms in total. The van der Waals surface area contributed by atoms with Crippen molar-refractivity contribution in [3.8, 4) is 0 Å². The molecule has 0 aliphatic heterocycles. The zero-order valence-corrected chi connectivity index (χ0v) is 11.2. The van der Waals surface area contributed by atoms with Crippen LogP contribution in [0.1, 0.15) is 16.7 Å². The lowest BCUT2D eigenvalue weighted by Gasteiger charge is -2.10. The fourth-order valence-corrected chi connectivity index (χ4v) is 1.98. The minimum atomic E-state index is -0.322. The molecule has 2 rings (SSSR count). The molecule has 0 fully saturated rings. The number of benzene rings is 2. The highest BCUT2D eigenvalue weighted by Gasteiger charge is 2.02. The Hall–Kier alpha value is -1.54. The quantitative estimate of drug-likeness (QED) is 0.846. The Labute approximate surface area is 112 Å². The van der Waals surface area contributed by atoms with Gasteiger partial charge < -0.3 is 5.32 Å². The molecular weight excluding hydrogens is 249 g/mol. The number of hydrogen-bond donors (Lipinski definition) is 1. The molecule has 2 aromatic rings. The third-order valence-electron chi connectivity index (χ3n) is 2.99. The molecule has 94 valence electrons. The van der Waals surface area contributed by atoms with Gasteiger partial charge in [0.25, 0.3) is 0 Å². The van der Waals surface area contributed by atoms with E-state index in [9.17, 15) is 4.39 Å². The highest BCUT2D eigenvalue weighted by molar-refractivity contribution is 6.33. The second kappa shape index (κ2) is 5.40. The molecule has 0 bridgehead atoms. The topological polar surface area (TPSA) is 12.0 Å². The molecule has 3 heteroatoms. The summed E-state index contributed by atoms with van der Waals surface area (Å²) in [5.41, 5.74) is 4.47. The largest absolute Gasteiger partial charge is 0.380 e. The Morgan fingerprint density at radius 2 is 1.83 bits per heavy atom. The molecule has 0 atom stereocenters. The number of aryl methyl sites for hydroxylation is 2. The molecule has 2 aromatic carbocycles. The molecule has 1 N–H and O–H groups in total. The summed E-state index contributed by atoms with van der Waals surface area (Å²) >= 11 is 5.95. The standard InChI is InChI=1S/C15H15ClFN/c1-10-3-4-12(7-11(10)2)9-18-15-6-5-13(17)8-14(15)16/h3-8,18H,9H2,1-2H3. The van der Waals surface area contributed by atoms with Crippen molar-refractivity contribution in [2.45, 2.75) is 20.4 Å². The predicted molar refractivity (Wildman–Crippen MR) is 74.7 cm³/mol. The molecule has 0 saturated heterocycles. The van der Waals surface area contributed by atoms with Gasteiger partial charge in [-0.1, -0.05) is 29.8 Å². The van der Waals surface area contributed by atoms with Crippen LogP contribution in [0.3, 0.4) is 0 Å². The van der Waals surface area contributed by atoms with Crippen molar-refractivity contribution in [2.75, 3.05) is 5.32 Å². The summed E-state index contributed by atoms with van der Waals surface area (Å²) in [5, 5.41) is 3.61. The Bertz CT molecular complexity index is 566. The van der Waals surface area contributed by atoms with Gasteiger partial charge in [-0.05, 0) is 48.7 Å². The average Bonchev–Trinajstić information content (AvgIpc) is 2.32. The Morgan fingerprint density at radius 3 is 2.50 bits per heavy atom. The van der Waals surface area contributed by atoms with Crippen LogP contribution in [0.15, 0.2) is 36.4 Å². The summed E-state index contributed by atoms with van der Waals surface area (Å²) in [6, 6.07) is 10.7. The van der Waals surface area contributed by atoms with Crippen LogP contribution >= 0.6 is 11.6 Å². The maximum Gasteiger partial charge on any atom is 0.124 e. The van der Waals surface area contributed by atoms with E-state index >= 15 is 0 Å². The molecule has 0 heterocycles. The predicted octanol–water partition coefficient (Wildman–Crippen LogP) is 4.71. The Morgan fingerprint density at radius 1 is 1.06 bits per heavy atom. The SMILES string of the molecule is Cc1ccc(CNc2ccc(F)cc2Cl)cc1C. The highest BCUT2D eigenvalue weighted by Crippen LogP contribution is 2.23. The molecule has 0 spiro atoms. The van der Waals surface area contributed by atoms with Crippen LogP contribution in [0.4, 0.5) is 10.1 Å². The van der Waals surface area contributed by atoms with E-state index in [1.165, 1.54) is 28.8 Å². The van der Waals surface area contributed by atoms with Crippen LogP contribution in [0.25, 0.3) is 0 Å². The second-order valence-corrected chi connectivity index (χ2v) is 4.80. The first kappa shape index (κ1) is 12.9. The first-order valence-corrected chi connectivity index (χ1v) is 6.19. The fourth-order valence-electron chi connectivity index (χ4n) is 1.74. The summed E-state index contributed by atoms with van der Waals surface area (Å²) in [6.07, 6.45) is 0. The number of halogens is 2. The summed E-state index contributed by atoms with van der Waals surface area (Å²) in [7, 11) is 0. The molecule has 18 heavy (non-hydrogen) atoms. The van der Waals surface area contributed by atoms with Crippen LogP contribution in [-0.4, -0.2) is 0 Å². The normalized spacial score (nSPS) is 10.4. The average molecular weight is 264 g/mol. The third-order valence-corrected chi connectivity index (χ3v) is 3.30. The minimum absolute atomic E-state index is 0.322. The molecule has 0 unspecified atom stereocenters. The summed E-state index contributed by atoms with van der Waals surface area (Å²) < 4.78 is 12.9. The van der Waals surface area contributed by atoms with Gasteiger partial charge in [0.15, 0.2) is 0 Å². The number of hydrogen-bond acceptors (Lipinski definition) is 1. The van der Waals surface area contributed by atoms with E-state index in [-0.39, 0.29) is 5.82 Å². The van der Waals surface area contributed by atoms with Crippen LogP contribution in [0.5, 0.6) is 0 Å². The number of anilines is 1. The second-order valence-electron chi connectivity index (χ2n) is 4.40. The van der Waals surface area contributed by atoms with Gasteiger partial charge in [0.05, 0.1) is 10.7 Å². The smallest absolute Gasteiger partial charge is 0.124 e. The van der Waals surface area contributed by atoms with Gasteiger partial charge in [-0.15, -0.1) is 0 Å². The van der Waals surface area contributed by atoms with Crippen molar-refractivity contribution in [3.63, 3.8) is 0 Å². The lowest BCUT2D eigenvalue weighted by molar-refractivity contribution is 0.628. The van der Waals surface area contributed by atoms with Crippen molar-refractivity contribution in [2.24, 2.45) is 0 Å². The van der Waals surface area contributed by atoms with Gasteiger partial charge in [-0.25, -0.2) is 4.39 Å². The van der Waals surface area contributed by atoms with Crippen molar-refractivity contribution in [1.82, 2.24) is 0 Å². The van der Waals surface area contributed by atoms with Crippen LogP contribution in [0.2, 0.25) is 5.02 Å². The number of nitrogens with one attached hydrogen (secondary N) is 1. The van der Waals surface area contributed by atoms with Gasteiger partial charge >= 0.3 is 0 Å². The van der Waals surface area contributed by atoms with E-state index in [0.29, 0.717) is 11.6 Å². The van der Waals surface area contributed by atoms with E-state index in [1.807, 2.05) is 0 Å². The van der Waals surface area contributed by atoms with Gasteiger partial charge in [0.1, 0.15) is 5.82 Å². The van der Waals surface area contributed by atoms with Crippen molar-refractivity contribution in [1.29, 1.82) is 0 Å². The highest BCUT2D eigenvalue weighted by atomic mass is 35.5. The summed E-state index contributed by atoms with van der Waals surface area (Å²) in [4.78, 5) is 0. The third kappa shape index (κ3) is 3.02. The lowest BCUT2D eigenvalue weighted by Crippen LogP contribution is -2.00. The van der Waals surface area contributed by atoms with Crippen LogP contribution in [0, 0.1) is 19.7 Å². The van der Waals surface area contributed by atoms with Gasteiger partial charge in [-0.2, -0.15) is 0 Å². The maximum absolute atomic E-state index is 12.9. The summed E-state index contributed by atoms with van der Waals surface area (Å²) in [5.74, 6) is -0.322. The van der Waals surface area contributed by atoms with E-state index in [0.717, 1.165) is 5.69 Å². The molecule has 0 amide bonds. The lowest BCUT2D eigenvalue weighted by atomic mass is 10.1.